The van der Waals surface area contributed by atoms with Gasteiger partial charge in [-0.25, -0.2) is 16.8 Å². The van der Waals surface area contributed by atoms with Gasteiger partial charge < -0.3 is 9.84 Å². The normalized spacial score (nSPS) is 20.6. The highest BCUT2D eigenvalue weighted by atomic mass is 32.2. The number of nitrogens with zero attached hydrogens (tertiary/aromatic N) is 1. The summed E-state index contributed by atoms with van der Waals surface area (Å²) in [6.45, 7) is -1.07. The molecule has 0 aliphatic carbocycles. The van der Waals surface area contributed by atoms with Crippen LogP contribution < -0.4 is 19.9 Å². The first kappa shape index (κ1) is 21.0. The molecule has 2 amide bonds. The second kappa shape index (κ2) is 7.61. The molecule has 2 aliphatic heterocycles. The summed E-state index contributed by atoms with van der Waals surface area (Å²) in [5.41, 5.74) is 1.94. The summed E-state index contributed by atoms with van der Waals surface area (Å²) < 4.78 is 53.0. The van der Waals surface area contributed by atoms with Crippen molar-refractivity contribution in [1.82, 2.24) is 10.3 Å². The number of carbonyl (C=O) groups is 3. The topological polar surface area (TPSA) is 176 Å². The van der Waals surface area contributed by atoms with E-state index in [-0.39, 0.29) is 40.9 Å². The van der Waals surface area contributed by atoms with Crippen LogP contribution in [-0.4, -0.2) is 64.4 Å². The van der Waals surface area contributed by atoms with E-state index in [2.05, 4.69) is 0 Å². The van der Waals surface area contributed by atoms with E-state index in [1.807, 2.05) is 10.3 Å². The number of nitrogens with one attached hydrogen (secondary N) is 2. The molecule has 0 aromatic heterocycles. The molecule has 0 bridgehead atoms. The van der Waals surface area contributed by atoms with E-state index >= 15 is 0 Å². The lowest BCUT2D eigenvalue weighted by atomic mass is 10.1. The largest absolute Gasteiger partial charge is 0.482 e. The summed E-state index contributed by atoms with van der Waals surface area (Å²) in [5, 5.41) is 8.97. The van der Waals surface area contributed by atoms with Crippen LogP contribution >= 0.6 is 0 Å². The van der Waals surface area contributed by atoms with E-state index in [9.17, 15) is 31.2 Å². The lowest BCUT2D eigenvalue weighted by Crippen LogP contribution is -2.45. The van der Waals surface area contributed by atoms with Crippen LogP contribution in [0.1, 0.15) is 6.42 Å². The van der Waals surface area contributed by atoms with Gasteiger partial charge in [-0.05, 0) is 24.6 Å². The minimum atomic E-state index is -4.29. The van der Waals surface area contributed by atoms with E-state index in [1.165, 1.54) is 6.07 Å². The third-order valence-corrected chi connectivity index (χ3v) is 7.40. The third-order valence-electron chi connectivity index (χ3n) is 4.39. The van der Waals surface area contributed by atoms with Gasteiger partial charge in [-0.2, -0.15) is 0 Å². The van der Waals surface area contributed by atoms with Crippen LogP contribution in [0.5, 0.6) is 5.75 Å². The fourth-order valence-electron chi connectivity index (χ4n) is 2.94. The van der Waals surface area contributed by atoms with Crippen molar-refractivity contribution < 1.29 is 41.1 Å². The predicted molar refractivity (Wildman–Crippen MR) is 97.2 cm³/mol. The van der Waals surface area contributed by atoms with Gasteiger partial charge in [0, 0.05) is 0 Å². The second-order valence-electron chi connectivity index (χ2n) is 6.49. The second-order valence-corrected chi connectivity index (χ2v) is 10.4. The standard InChI is InChI=1S/C15H17N3O9S2/c19-13-7-27-12-2-1-10(5-11(12)18(13)6-14(20)21)29(25,26)17-16-15(22)9-3-4-28(23,24)8-9/h1-2,5,9,17H,3-4,6-8H2,(H,16,22)(H,20,21). The summed E-state index contributed by atoms with van der Waals surface area (Å²) in [6.07, 6.45) is 0.0956. The number of sulfone groups is 1. The minimum absolute atomic E-state index is 0.0419. The van der Waals surface area contributed by atoms with Crippen LogP contribution in [-0.2, 0) is 34.2 Å². The first-order valence-electron chi connectivity index (χ1n) is 8.29. The quantitative estimate of drug-likeness (QED) is 0.426. The fourth-order valence-corrected chi connectivity index (χ4v) is 5.55. The number of aliphatic carboxylic acids is 1. The number of benzene rings is 1. The van der Waals surface area contributed by atoms with Gasteiger partial charge in [-0.15, -0.1) is 4.83 Å². The van der Waals surface area contributed by atoms with Crippen molar-refractivity contribution in [2.75, 3.05) is 29.6 Å². The van der Waals surface area contributed by atoms with Gasteiger partial charge >= 0.3 is 5.97 Å². The lowest BCUT2D eigenvalue weighted by Gasteiger charge is -2.28. The first-order chi connectivity index (χ1) is 13.5. The first-order valence-corrected chi connectivity index (χ1v) is 11.6. The van der Waals surface area contributed by atoms with Crippen LogP contribution in [0.4, 0.5) is 5.69 Å². The molecule has 2 aliphatic rings. The highest BCUT2D eigenvalue weighted by molar-refractivity contribution is 7.91. The Kier molecular flexibility index (Phi) is 5.51. The monoisotopic (exact) mass is 447 g/mol. The number of hydrogen-bond donors (Lipinski definition) is 3. The third kappa shape index (κ3) is 4.65. The van der Waals surface area contributed by atoms with Crippen LogP contribution in [0.2, 0.25) is 0 Å². The van der Waals surface area contributed by atoms with Crippen molar-refractivity contribution in [3.8, 4) is 5.75 Å². The molecule has 1 unspecified atom stereocenters. The molecule has 0 spiro atoms. The lowest BCUT2D eigenvalue weighted by molar-refractivity contribution is -0.137. The van der Waals surface area contributed by atoms with Gasteiger partial charge in [0.15, 0.2) is 16.4 Å². The van der Waals surface area contributed by atoms with E-state index in [0.717, 1.165) is 17.0 Å². The van der Waals surface area contributed by atoms with Crippen LogP contribution in [0.3, 0.4) is 0 Å². The summed E-state index contributed by atoms with van der Waals surface area (Å²) in [5.74, 6) is -3.96. The molecule has 1 saturated heterocycles. The molecule has 1 fully saturated rings. The number of rotatable bonds is 6. The number of hydrogen-bond acceptors (Lipinski definition) is 8. The van der Waals surface area contributed by atoms with Gasteiger partial charge in [-0.1, -0.05) is 0 Å². The maximum absolute atomic E-state index is 12.5. The highest BCUT2D eigenvalue weighted by Gasteiger charge is 2.34. The van der Waals surface area contributed by atoms with Crippen LogP contribution in [0.15, 0.2) is 23.1 Å². The molecule has 14 heteroatoms. The van der Waals surface area contributed by atoms with Gasteiger partial charge in [0.1, 0.15) is 12.3 Å². The van der Waals surface area contributed by atoms with E-state index < -0.39 is 50.1 Å². The number of carboxylic acid groups (broad SMARTS) is 1. The number of fused-ring (bicyclic) bond motifs is 1. The van der Waals surface area contributed by atoms with E-state index in [0.29, 0.717) is 0 Å². The molecular formula is C15H17N3O9S2. The summed E-state index contributed by atoms with van der Waals surface area (Å²) in [7, 11) is -7.60. The zero-order valence-electron chi connectivity index (χ0n) is 14.8. The molecule has 1 aromatic rings. The van der Waals surface area contributed by atoms with Crippen molar-refractivity contribution in [2.24, 2.45) is 5.92 Å². The van der Waals surface area contributed by atoms with Gasteiger partial charge in [-0.3, -0.25) is 24.7 Å². The molecule has 158 valence electrons. The number of sulfonamides is 1. The summed E-state index contributed by atoms with van der Waals surface area (Å²) in [6, 6.07) is 3.46. The SMILES string of the molecule is O=C(O)CN1C(=O)COc2ccc(S(=O)(=O)NNC(=O)C3CCS(=O)(=O)C3)cc21. The molecule has 1 atom stereocenters. The number of amides is 2. The zero-order chi connectivity index (χ0) is 21.4. The zero-order valence-corrected chi connectivity index (χ0v) is 16.5. The Morgan fingerprint density at radius 3 is 2.66 bits per heavy atom. The number of carboxylic acids is 1. The Balaban J connectivity index is 1.77. The van der Waals surface area contributed by atoms with Gasteiger partial charge in [0.25, 0.3) is 15.9 Å². The molecule has 12 nitrogen and oxygen atoms in total. The number of ether oxygens (including phenoxy) is 1. The highest BCUT2D eigenvalue weighted by Crippen LogP contribution is 2.34. The van der Waals surface area contributed by atoms with Crippen molar-refractivity contribution in [3.63, 3.8) is 0 Å². The van der Waals surface area contributed by atoms with Gasteiger partial charge in [0.05, 0.1) is 28.0 Å². The maximum Gasteiger partial charge on any atom is 0.323 e. The molecular weight excluding hydrogens is 430 g/mol. The minimum Gasteiger partial charge on any atom is -0.482 e. The molecule has 3 rings (SSSR count). The average Bonchev–Trinajstić information content (AvgIpc) is 3.01. The number of carbonyl (C=O) groups excluding carboxylic acids is 2. The Morgan fingerprint density at radius 1 is 1.31 bits per heavy atom. The van der Waals surface area contributed by atoms with Crippen molar-refractivity contribution >= 4 is 43.3 Å². The Bertz CT molecular complexity index is 1080. The summed E-state index contributed by atoms with van der Waals surface area (Å²) >= 11 is 0. The van der Waals surface area contributed by atoms with E-state index in [4.69, 9.17) is 9.84 Å². The van der Waals surface area contributed by atoms with E-state index in [1.54, 1.807) is 0 Å². The van der Waals surface area contributed by atoms with Crippen molar-refractivity contribution in [2.45, 2.75) is 11.3 Å². The molecule has 1 aromatic carbocycles. The molecule has 3 N–H and O–H groups in total. The Hall–Kier alpha value is -2.71. The van der Waals surface area contributed by atoms with Crippen molar-refractivity contribution in [3.05, 3.63) is 18.2 Å². The molecule has 0 saturated carbocycles. The molecule has 2 heterocycles. The van der Waals surface area contributed by atoms with Crippen LogP contribution in [0, 0.1) is 5.92 Å². The van der Waals surface area contributed by atoms with Gasteiger partial charge in [0.2, 0.25) is 5.91 Å². The molecule has 0 radical (unpaired) electrons. The molecule has 29 heavy (non-hydrogen) atoms. The Labute approximate surface area is 165 Å². The smallest absolute Gasteiger partial charge is 0.323 e. The predicted octanol–water partition coefficient (Wildman–Crippen LogP) is -1.76. The summed E-state index contributed by atoms with van der Waals surface area (Å²) in [4.78, 5) is 37.3. The average molecular weight is 447 g/mol. The van der Waals surface area contributed by atoms with Crippen molar-refractivity contribution in [1.29, 1.82) is 0 Å². The number of hydrazine groups is 1. The van der Waals surface area contributed by atoms with Crippen LogP contribution in [0.25, 0.3) is 0 Å². The number of anilines is 1. The Morgan fingerprint density at radius 2 is 2.03 bits per heavy atom. The fraction of sp³-hybridized carbons (Fsp3) is 0.400. The maximum atomic E-state index is 12.5.